The van der Waals surface area contributed by atoms with Crippen LogP contribution in [0.5, 0.6) is 0 Å². The number of amides is 3. The highest BCUT2D eigenvalue weighted by Crippen LogP contribution is 2.45. The van der Waals surface area contributed by atoms with Crippen LogP contribution in [0.3, 0.4) is 0 Å². The van der Waals surface area contributed by atoms with Crippen LogP contribution in [0, 0.1) is 5.92 Å². The number of carbonyl (C=O) groups is 4. The van der Waals surface area contributed by atoms with E-state index in [9.17, 15) is 24.3 Å². The van der Waals surface area contributed by atoms with Crippen molar-refractivity contribution < 1.29 is 24.3 Å². The second-order valence-electron chi connectivity index (χ2n) is 6.91. The van der Waals surface area contributed by atoms with E-state index in [0.717, 1.165) is 21.6 Å². The molecule has 2 aliphatic heterocycles. The van der Waals surface area contributed by atoms with Crippen molar-refractivity contribution in [1.82, 2.24) is 4.90 Å². The van der Waals surface area contributed by atoms with Gasteiger partial charge in [0, 0.05) is 12.5 Å². The fourth-order valence-corrected chi connectivity index (χ4v) is 4.74. The van der Waals surface area contributed by atoms with E-state index in [1.165, 1.54) is 6.92 Å². The Balaban J connectivity index is 2.12. The quantitative estimate of drug-likeness (QED) is 0.593. The van der Waals surface area contributed by atoms with Gasteiger partial charge >= 0.3 is 5.97 Å². The molecule has 3 amide bonds. The largest absolute Gasteiger partial charge is 0.480 e. The lowest BCUT2D eigenvalue weighted by Crippen LogP contribution is -2.44. The maximum Gasteiger partial charge on any atom is 0.326 e. The minimum atomic E-state index is -1.15. The average Bonchev–Trinajstić information content (AvgIpc) is 3.05. The number of imide groups is 1. The van der Waals surface area contributed by atoms with Crippen LogP contribution in [0.15, 0.2) is 29.2 Å². The highest BCUT2D eigenvalue weighted by atomic mass is 32.2. The number of benzene rings is 1. The summed E-state index contributed by atoms with van der Waals surface area (Å²) in [6.07, 6.45) is 0.231. The molecule has 0 aromatic heterocycles. The minimum Gasteiger partial charge on any atom is -0.480 e. The number of para-hydroxylation sites is 1. The molecular formula is C19H18N2O5S2. The van der Waals surface area contributed by atoms with Gasteiger partial charge in [0.15, 0.2) is 0 Å². The zero-order valence-corrected chi connectivity index (χ0v) is 17.1. The molecule has 2 heterocycles. The standard InChI is InChI=1S/C19H18N2O5S2/c1-9(2)8-13(18(25)26)21-17(24)15(28-19(21)27)14-11-6-4-5-7-12(11)20(10(3)22)16(14)23/h4-7,9,13H,8H2,1-3H3,(H,25,26)/b15-14-. The minimum absolute atomic E-state index is 0.0282. The molecule has 1 fully saturated rings. The highest BCUT2D eigenvalue weighted by Gasteiger charge is 2.46. The van der Waals surface area contributed by atoms with E-state index in [1.54, 1.807) is 24.3 Å². The lowest BCUT2D eigenvalue weighted by molar-refractivity contribution is -0.145. The van der Waals surface area contributed by atoms with E-state index >= 15 is 0 Å². The summed E-state index contributed by atoms with van der Waals surface area (Å²) >= 11 is 6.17. The van der Waals surface area contributed by atoms with Crippen molar-refractivity contribution in [3.05, 3.63) is 34.7 Å². The molecule has 146 valence electrons. The molecule has 0 bridgehead atoms. The van der Waals surface area contributed by atoms with Crippen LogP contribution in [0.2, 0.25) is 0 Å². The summed E-state index contributed by atoms with van der Waals surface area (Å²) in [4.78, 5) is 51.9. The molecule has 1 N–H and O–H groups in total. The Hall–Kier alpha value is -2.52. The number of fused-ring (bicyclic) bond motifs is 1. The SMILES string of the molecule is CC(=O)N1C(=O)/C(=C2\SC(=S)N(C(CC(C)C)C(=O)O)C2=O)c2ccccc21. The monoisotopic (exact) mass is 418 g/mol. The number of hydrogen-bond donors (Lipinski definition) is 1. The van der Waals surface area contributed by atoms with Gasteiger partial charge in [0.05, 0.1) is 16.2 Å². The smallest absolute Gasteiger partial charge is 0.326 e. The summed E-state index contributed by atoms with van der Waals surface area (Å²) in [5, 5.41) is 9.60. The number of carbonyl (C=O) groups excluding carboxylic acids is 3. The van der Waals surface area contributed by atoms with Gasteiger partial charge in [-0.1, -0.05) is 56.0 Å². The Morgan fingerprint density at radius 3 is 2.39 bits per heavy atom. The third-order valence-corrected chi connectivity index (χ3v) is 5.86. The second-order valence-corrected chi connectivity index (χ2v) is 8.55. The van der Waals surface area contributed by atoms with E-state index in [2.05, 4.69) is 0 Å². The van der Waals surface area contributed by atoms with Gasteiger partial charge in [0.2, 0.25) is 5.91 Å². The summed E-state index contributed by atoms with van der Waals surface area (Å²) in [5.41, 5.74) is 0.940. The first kappa shape index (κ1) is 20.2. The molecule has 1 atom stereocenters. The van der Waals surface area contributed by atoms with Crippen LogP contribution < -0.4 is 4.90 Å². The first-order valence-corrected chi connectivity index (χ1v) is 9.84. The number of thiocarbonyl (C=S) groups is 1. The lowest BCUT2D eigenvalue weighted by Gasteiger charge is -2.24. The van der Waals surface area contributed by atoms with Gasteiger partial charge in [-0.2, -0.15) is 0 Å². The normalized spacial score (nSPS) is 20.2. The second kappa shape index (κ2) is 7.48. The maximum absolute atomic E-state index is 13.1. The van der Waals surface area contributed by atoms with Gasteiger partial charge in [-0.05, 0) is 18.4 Å². The third kappa shape index (κ3) is 3.24. The van der Waals surface area contributed by atoms with Crippen molar-refractivity contribution in [2.75, 3.05) is 4.90 Å². The molecule has 1 aromatic carbocycles. The summed E-state index contributed by atoms with van der Waals surface area (Å²) in [7, 11) is 0. The molecule has 1 aromatic rings. The Morgan fingerprint density at radius 1 is 1.18 bits per heavy atom. The number of thioether (sulfide) groups is 1. The van der Waals surface area contributed by atoms with Crippen molar-refractivity contribution in [3.63, 3.8) is 0 Å². The lowest BCUT2D eigenvalue weighted by atomic mass is 10.0. The number of aliphatic carboxylic acids is 1. The fraction of sp³-hybridized carbons (Fsp3) is 0.316. The zero-order chi connectivity index (χ0) is 20.7. The fourth-order valence-electron chi connectivity index (χ4n) is 3.31. The molecule has 1 unspecified atom stereocenters. The van der Waals surface area contributed by atoms with Gasteiger partial charge < -0.3 is 5.11 Å². The van der Waals surface area contributed by atoms with Crippen molar-refractivity contribution in [2.24, 2.45) is 5.92 Å². The van der Waals surface area contributed by atoms with Crippen LogP contribution in [-0.2, 0) is 19.2 Å². The zero-order valence-electron chi connectivity index (χ0n) is 15.5. The van der Waals surface area contributed by atoms with E-state index in [0.29, 0.717) is 11.3 Å². The predicted octanol–water partition coefficient (Wildman–Crippen LogP) is 2.65. The molecular weight excluding hydrogens is 400 g/mol. The number of rotatable bonds is 4. The topological polar surface area (TPSA) is 95.0 Å². The number of nitrogens with zero attached hydrogens (tertiary/aromatic N) is 2. The summed E-state index contributed by atoms with van der Waals surface area (Å²) < 4.78 is 0.0899. The molecule has 0 radical (unpaired) electrons. The van der Waals surface area contributed by atoms with Gasteiger partial charge in [0.25, 0.3) is 11.8 Å². The number of hydrogen-bond acceptors (Lipinski definition) is 6. The van der Waals surface area contributed by atoms with Gasteiger partial charge in [0.1, 0.15) is 10.4 Å². The molecule has 7 nitrogen and oxygen atoms in total. The molecule has 28 heavy (non-hydrogen) atoms. The van der Waals surface area contributed by atoms with Crippen molar-refractivity contribution in [2.45, 2.75) is 33.2 Å². The molecule has 2 aliphatic rings. The molecule has 1 saturated heterocycles. The Morgan fingerprint density at radius 2 is 1.82 bits per heavy atom. The third-order valence-electron chi connectivity index (χ3n) is 4.46. The van der Waals surface area contributed by atoms with E-state index in [1.807, 2.05) is 13.8 Å². The number of anilines is 1. The van der Waals surface area contributed by atoms with E-state index < -0.39 is 29.7 Å². The van der Waals surface area contributed by atoms with Gasteiger partial charge in [-0.15, -0.1) is 0 Å². The van der Waals surface area contributed by atoms with Crippen LogP contribution in [0.25, 0.3) is 5.57 Å². The van der Waals surface area contributed by atoms with Crippen LogP contribution in [0.1, 0.15) is 32.8 Å². The Labute approximate surface area is 171 Å². The first-order chi connectivity index (χ1) is 13.1. The molecule has 9 heteroatoms. The molecule has 0 saturated carbocycles. The maximum atomic E-state index is 13.1. The molecule has 0 spiro atoms. The Bertz CT molecular complexity index is 953. The summed E-state index contributed by atoms with van der Waals surface area (Å²) in [6.45, 7) is 4.98. The number of carboxylic acid groups (broad SMARTS) is 1. The summed E-state index contributed by atoms with van der Waals surface area (Å²) in [5.74, 6) is -2.82. The van der Waals surface area contributed by atoms with Crippen LogP contribution >= 0.6 is 24.0 Å². The molecule has 3 rings (SSSR count). The average molecular weight is 418 g/mol. The van der Waals surface area contributed by atoms with Crippen molar-refractivity contribution in [3.8, 4) is 0 Å². The van der Waals surface area contributed by atoms with Crippen LogP contribution in [-0.4, -0.2) is 44.1 Å². The van der Waals surface area contributed by atoms with E-state index in [4.69, 9.17) is 12.2 Å². The Kier molecular flexibility index (Phi) is 5.40. The predicted molar refractivity (Wildman–Crippen MR) is 109 cm³/mol. The van der Waals surface area contributed by atoms with Crippen molar-refractivity contribution >= 4 is 63.3 Å². The van der Waals surface area contributed by atoms with Crippen LogP contribution in [0.4, 0.5) is 5.69 Å². The highest BCUT2D eigenvalue weighted by molar-refractivity contribution is 8.26. The van der Waals surface area contributed by atoms with Gasteiger partial charge in [-0.25, -0.2) is 9.69 Å². The van der Waals surface area contributed by atoms with E-state index in [-0.39, 0.29) is 27.1 Å². The van der Waals surface area contributed by atoms with Gasteiger partial charge in [-0.3, -0.25) is 19.3 Å². The number of carboxylic acids is 1. The van der Waals surface area contributed by atoms with Crippen molar-refractivity contribution in [1.29, 1.82) is 0 Å². The first-order valence-electron chi connectivity index (χ1n) is 8.62. The molecule has 0 aliphatic carbocycles. The summed E-state index contributed by atoms with van der Waals surface area (Å²) in [6, 6.07) is 5.57.